The molecule has 3 nitrogen and oxygen atoms in total. The molecule has 0 saturated carbocycles. The van der Waals surface area contributed by atoms with Crippen molar-refractivity contribution in [1.29, 1.82) is 0 Å². The van der Waals surface area contributed by atoms with Crippen LogP contribution in [0.2, 0.25) is 0 Å². The van der Waals surface area contributed by atoms with Crippen molar-refractivity contribution in [3.63, 3.8) is 0 Å². The highest BCUT2D eigenvalue weighted by molar-refractivity contribution is 5.50. The van der Waals surface area contributed by atoms with Gasteiger partial charge < -0.3 is 10.0 Å². The number of piperazine rings is 1. The van der Waals surface area contributed by atoms with Crippen molar-refractivity contribution in [1.82, 2.24) is 4.90 Å². The molecule has 1 aliphatic rings. The van der Waals surface area contributed by atoms with Crippen LogP contribution >= 0.6 is 0 Å². The molecule has 0 amide bonds. The van der Waals surface area contributed by atoms with Crippen molar-refractivity contribution in [2.75, 3.05) is 31.6 Å². The Balaban J connectivity index is 2.18. The number of hydrogen-bond donors (Lipinski definition) is 1. The van der Waals surface area contributed by atoms with E-state index in [-0.39, 0.29) is 5.82 Å². The molecule has 2 rings (SSSR count). The Morgan fingerprint density at radius 2 is 2.16 bits per heavy atom. The fraction of sp³-hybridized carbons (Fsp3) is 0.600. The third-order valence-electron chi connectivity index (χ3n) is 4.04. The second-order valence-corrected chi connectivity index (χ2v) is 5.38. The molecule has 0 aliphatic carbocycles. The Labute approximate surface area is 114 Å². The lowest BCUT2D eigenvalue weighted by molar-refractivity contribution is 0.198. The van der Waals surface area contributed by atoms with Crippen LogP contribution in [0.3, 0.4) is 0 Å². The number of nitrogens with zero attached hydrogens (tertiary/aromatic N) is 2. The number of aliphatic hydroxyl groups excluding tert-OH is 1. The molecule has 1 saturated heterocycles. The standard InChI is InChI=1S/C15H23FN2O/c1-4-13-10-18(8-7-17(13)3)15-6-5-12(11(2)19)9-14(15)16/h5-6,9,11,13,19H,4,7-8,10H2,1-3H3. The molecule has 1 aliphatic heterocycles. The van der Waals surface area contributed by atoms with E-state index in [9.17, 15) is 9.50 Å². The Kier molecular flexibility index (Phi) is 4.42. The monoisotopic (exact) mass is 266 g/mol. The summed E-state index contributed by atoms with van der Waals surface area (Å²) in [6.07, 6.45) is 0.444. The van der Waals surface area contributed by atoms with Crippen LogP contribution in [0.1, 0.15) is 31.9 Å². The van der Waals surface area contributed by atoms with E-state index >= 15 is 0 Å². The quantitative estimate of drug-likeness (QED) is 0.910. The minimum atomic E-state index is -0.626. The number of halogens is 1. The first-order valence-electron chi connectivity index (χ1n) is 6.95. The molecule has 4 heteroatoms. The lowest BCUT2D eigenvalue weighted by atomic mass is 10.1. The summed E-state index contributed by atoms with van der Waals surface area (Å²) in [4.78, 5) is 4.44. The molecule has 0 aromatic heterocycles. The maximum atomic E-state index is 14.2. The zero-order valence-electron chi connectivity index (χ0n) is 11.9. The smallest absolute Gasteiger partial charge is 0.146 e. The highest BCUT2D eigenvalue weighted by atomic mass is 19.1. The second kappa shape index (κ2) is 5.88. The van der Waals surface area contributed by atoms with Gasteiger partial charge in [-0.05, 0) is 38.1 Å². The molecule has 19 heavy (non-hydrogen) atoms. The molecule has 1 heterocycles. The van der Waals surface area contributed by atoms with E-state index in [4.69, 9.17) is 0 Å². The maximum absolute atomic E-state index is 14.2. The van der Waals surface area contributed by atoms with Crippen molar-refractivity contribution < 1.29 is 9.50 Å². The molecule has 2 unspecified atom stereocenters. The molecule has 0 spiro atoms. The van der Waals surface area contributed by atoms with Gasteiger partial charge in [-0.2, -0.15) is 0 Å². The van der Waals surface area contributed by atoms with E-state index in [1.807, 2.05) is 6.07 Å². The Morgan fingerprint density at radius 3 is 2.74 bits per heavy atom. The van der Waals surface area contributed by atoms with Gasteiger partial charge in [-0.25, -0.2) is 4.39 Å². The van der Waals surface area contributed by atoms with E-state index in [0.717, 1.165) is 26.1 Å². The van der Waals surface area contributed by atoms with Crippen molar-refractivity contribution in [2.24, 2.45) is 0 Å². The van der Waals surface area contributed by atoms with Gasteiger partial charge in [-0.3, -0.25) is 4.90 Å². The van der Waals surface area contributed by atoms with E-state index in [0.29, 0.717) is 17.3 Å². The van der Waals surface area contributed by atoms with Crippen molar-refractivity contribution in [3.05, 3.63) is 29.6 Å². The summed E-state index contributed by atoms with van der Waals surface area (Å²) < 4.78 is 14.2. The molecule has 1 N–H and O–H groups in total. The van der Waals surface area contributed by atoms with Gasteiger partial charge >= 0.3 is 0 Å². The first-order valence-corrected chi connectivity index (χ1v) is 6.95. The van der Waals surface area contributed by atoms with Crippen LogP contribution in [0.25, 0.3) is 0 Å². The summed E-state index contributed by atoms with van der Waals surface area (Å²) >= 11 is 0. The molecule has 0 radical (unpaired) electrons. The Morgan fingerprint density at radius 1 is 1.42 bits per heavy atom. The van der Waals surface area contributed by atoms with Gasteiger partial charge in [0.1, 0.15) is 5.82 Å². The molecule has 1 fully saturated rings. The summed E-state index contributed by atoms with van der Waals surface area (Å²) in [6.45, 7) is 6.47. The zero-order chi connectivity index (χ0) is 14.0. The third kappa shape index (κ3) is 3.07. The van der Waals surface area contributed by atoms with Crippen LogP contribution in [0.5, 0.6) is 0 Å². The normalized spacial score (nSPS) is 22.6. The highest BCUT2D eigenvalue weighted by Gasteiger charge is 2.24. The molecule has 2 atom stereocenters. The van der Waals surface area contributed by atoms with Gasteiger partial charge in [0.25, 0.3) is 0 Å². The maximum Gasteiger partial charge on any atom is 0.146 e. The fourth-order valence-electron chi connectivity index (χ4n) is 2.65. The lowest BCUT2D eigenvalue weighted by Gasteiger charge is -2.40. The predicted octanol–water partition coefficient (Wildman–Crippen LogP) is 2.41. The SMILES string of the molecule is CCC1CN(c2ccc(C(C)O)cc2F)CCN1C. The van der Waals surface area contributed by atoms with Crippen LogP contribution in [0, 0.1) is 5.82 Å². The highest BCUT2D eigenvalue weighted by Crippen LogP contribution is 2.25. The minimum absolute atomic E-state index is 0.238. The average Bonchev–Trinajstić information content (AvgIpc) is 2.39. The van der Waals surface area contributed by atoms with Crippen LogP contribution < -0.4 is 4.90 Å². The first-order chi connectivity index (χ1) is 9.02. The van der Waals surface area contributed by atoms with Gasteiger partial charge in [0.15, 0.2) is 0 Å². The van der Waals surface area contributed by atoms with Crippen molar-refractivity contribution in [2.45, 2.75) is 32.4 Å². The number of benzene rings is 1. The molecule has 106 valence electrons. The number of rotatable bonds is 3. The van der Waals surface area contributed by atoms with Gasteiger partial charge in [0.2, 0.25) is 0 Å². The number of aliphatic hydroxyl groups is 1. The summed E-state index contributed by atoms with van der Waals surface area (Å²) in [5, 5.41) is 9.48. The van der Waals surface area contributed by atoms with Gasteiger partial charge in [0.05, 0.1) is 11.8 Å². The minimum Gasteiger partial charge on any atom is -0.389 e. The van der Waals surface area contributed by atoms with Gasteiger partial charge in [-0.1, -0.05) is 13.0 Å². The third-order valence-corrected chi connectivity index (χ3v) is 4.04. The molecule has 0 bridgehead atoms. The summed E-state index contributed by atoms with van der Waals surface area (Å²) in [5.41, 5.74) is 1.28. The van der Waals surface area contributed by atoms with Crippen LogP contribution in [-0.4, -0.2) is 42.7 Å². The summed E-state index contributed by atoms with van der Waals surface area (Å²) in [5.74, 6) is -0.238. The molecular weight excluding hydrogens is 243 g/mol. The van der Waals surface area contributed by atoms with E-state index in [2.05, 4.69) is 23.8 Å². The van der Waals surface area contributed by atoms with Crippen molar-refractivity contribution >= 4 is 5.69 Å². The van der Waals surface area contributed by atoms with Gasteiger partial charge in [0, 0.05) is 25.7 Å². The predicted molar refractivity (Wildman–Crippen MR) is 76.0 cm³/mol. The Bertz CT molecular complexity index is 436. The van der Waals surface area contributed by atoms with Crippen molar-refractivity contribution in [3.8, 4) is 0 Å². The van der Waals surface area contributed by atoms with E-state index in [1.54, 1.807) is 13.0 Å². The molecular formula is C15H23FN2O. The summed E-state index contributed by atoms with van der Waals surface area (Å²) in [6, 6.07) is 5.52. The lowest BCUT2D eigenvalue weighted by Crippen LogP contribution is -2.51. The second-order valence-electron chi connectivity index (χ2n) is 5.38. The zero-order valence-corrected chi connectivity index (χ0v) is 11.9. The summed E-state index contributed by atoms with van der Waals surface area (Å²) in [7, 11) is 2.12. The van der Waals surface area contributed by atoms with Crippen LogP contribution in [-0.2, 0) is 0 Å². The number of hydrogen-bond acceptors (Lipinski definition) is 3. The number of likely N-dealkylation sites (N-methyl/N-ethyl adjacent to an activating group) is 1. The number of anilines is 1. The molecule has 1 aromatic rings. The fourth-order valence-corrected chi connectivity index (χ4v) is 2.65. The van der Waals surface area contributed by atoms with E-state index < -0.39 is 6.10 Å². The largest absolute Gasteiger partial charge is 0.389 e. The molecule has 1 aromatic carbocycles. The van der Waals surface area contributed by atoms with E-state index in [1.165, 1.54) is 6.07 Å². The van der Waals surface area contributed by atoms with Crippen LogP contribution in [0.15, 0.2) is 18.2 Å². The topological polar surface area (TPSA) is 26.7 Å². The van der Waals surface area contributed by atoms with Gasteiger partial charge in [-0.15, -0.1) is 0 Å². The Hall–Kier alpha value is -1.13. The van der Waals surface area contributed by atoms with Crippen LogP contribution in [0.4, 0.5) is 10.1 Å². The first kappa shape index (κ1) is 14.3. The average molecular weight is 266 g/mol.